The molecule has 0 spiro atoms. The van der Waals surface area contributed by atoms with Gasteiger partial charge in [0.15, 0.2) is 0 Å². The van der Waals surface area contributed by atoms with Gasteiger partial charge in [-0.25, -0.2) is 4.79 Å². The molecule has 0 saturated heterocycles. The lowest BCUT2D eigenvalue weighted by Gasteiger charge is -2.08. The Balaban J connectivity index is 2.09. The monoisotopic (exact) mass is 270 g/mol. The highest BCUT2D eigenvalue weighted by atomic mass is 16.4. The molecule has 4 N–H and O–H groups in total. The molecule has 0 radical (unpaired) electrons. The van der Waals surface area contributed by atoms with Crippen molar-refractivity contribution in [2.24, 2.45) is 0 Å². The number of carboxylic acids is 1. The second kappa shape index (κ2) is 5.88. The number of hydrogen-bond donors (Lipinski definition) is 3. The fourth-order valence-electron chi connectivity index (χ4n) is 1.78. The number of anilines is 1. The highest BCUT2D eigenvalue weighted by Crippen LogP contribution is 2.10. The van der Waals surface area contributed by atoms with Crippen LogP contribution in [0, 0.1) is 0 Å². The molecule has 20 heavy (non-hydrogen) atoms. The summed E-state index contributed by atoms with van der Waals surface area (Å²) in [6.45, 7) is 0.313. The van der Waals surface area contributed by atoms with E-state index in [1.807, 2.05) is 0 Å². The van der Waals surface area contributed by atoms with Crippen molar-refractivity contribution < 1.29 is 14.7 Å². The highest BCUT2D eigenvalue weighted by molar-refractivity contribution is 6.04. The van der Waals surface area contributed by atoms with Gasteiger partial charge in [0.05, 0.1) is 11.1 Å². The summed E-state index contributed by atoms with van der Waals surface area (Å²) >= 11 is 0. The van der Waals surface area contributed by atoms with Gasteiger partial charge in [0.25, 0.3) is 5.91 Å². The van der Waals surface area contributed by atoms with E-state index >= 15 is 0 Å². The summed E-state index contributed by atoms with van der Waals surface area (Å²) in [7, 11) is 0. The first-order chi connectivity index (χ1) is 9.58. The van der Waals surface area contributed by atoms with Crippen molar-refractivity contribution in [3.63, 3.8) is 0 Å². The number of hydrogen-bond acceptors (Lipinski definition) is 3. The minimum atomic E-state index is -1.12. The molecule has 0 aromatic heterocycles. The Bertz CT molecular complexity index is 636. The number of rotatable bonds is 4. The first kappa shape index (κ1) is 13.6. The van der Waals surface area contributed by atoms with Gasteiger partial charge in [-0.3, -0.25) is 4.79 Å². The first-order valence-corrected chi connectivity index (χ1v) is 6.03. The number of carboxylic acid groups (broad SMARTS) is 1. The molecule has 0 fully saturated rings. The molecule has 5 heteroatoms. The lowest BCUT2D eigenvalue weighted by Crippen LogP contribution is -2.24. The van der Waals surface area contributed by atoms with Crippen LogP contribution in [0.1, 0.15) is 26.3 Å². The fraction of sp³-hybridized carbons (Fsp3) is 0.0667. The Morgan fingerprint density at radius 3 is 2.20 bits per heavy atom. The molecule has 0 heterocycles. The average molecular weight is 270 g/mol. The van der Waals surface area contributed by atoms with Crippen LogP contribution < -0.4 is 11.1 Å². The Kier molecular flexibility index (Phi) is 4.00. The lowest BCUT2D eigenvalue weighted by molar-refractivity contribution is 0.0691. The van der Waals surface area contributed by atoms with E-state index in [-0.39, 0.29) is 11.1 Å². The predicted octanol–water partition coefficient (Wildman–Crippen LogP) is 1.90. The molecule has 5 nitrogen and oxygen atoms in total. The van der Waals surface area contributed by atoms with Crippen molar-refractivity contribution in [2.75, 3.05) is 5.73 Å². The van der Waals surface area contributed by atoms with Gasteiger partial charge >= 0.3 is 5.97 Å². The Labute approximate surface area is 116 Å². The van der Waals surface area contributed by atoms with Gasteiger partial charge in [0.1, 0.15) is 0 Å². The molecule has 2 aromatic rings. The number of carbonyl (C=O) groups excluding carboxylic acids is 1. The predicted molar refractivity (Wildman–Crippen MR) is 75.4 cm³/mol. The van der Waals surface area contributed by atoms with E-state index in [9.17, 15) is 9.59 Å². The molecular formula is C15H14N2O3. The zero-order valence-corrected chi connectivity index (χ0v) is 10.7. The topological polar surface area (TPSA) is 92.4 Å². The van der Waals surface area contributed by atoms with E-state index in [0.717, 1.165) is 5.56 Å². The quantitative estimate of drug-likeness (QED) is 0.740. The van der Waals surface area contributed by atoms with E-state index in [1.165, 1.54) is 12.1 Å². The van der Waals surface area contributed by atoms with Gasteiger partial charge in [0, 0.05) is 12.2 Å². The fourth-order valence-corrected chi connectivity index (χ4v) is 1.78. The zero-order chi connectivity index (χ0) is 14.5. The molecule has 0 aliphatic heterocycles. The van der Waals surface area contributed by atoms with E-state index in [4.69, 9.17) is 10.8 Å². The molecule has 0 atom stereocenters. The Morgan fingerprint density at radius 1 is 1.00 bits per heavy atom. The highest BCUT2D eigenvalue weighted by Gasteiger charge is 2.15. The van der Waals surface area contributed by atoms with Gasteiger partial charge in [0.2, 0.25) is 0 Å². The second-order valence-electron chi connectivity index (χ2n) is 4.27. The van der Waals surface area contributed by atoms with Crippen LogP contribution in [-0.4, -0.2) is 17.0 Å². The van der Waals surface area contributed by atoms with Crippen molar-refractivity contribution in [2.45, 2.75) is 6.54 Å². The van der Waals surface area contributed by atoms with Crippen molar-refractivity contribution in [1.82, 2.24) is 5.32 Å². The van der Waals surface area contributed by atoms with Crippen molar-refractivity contribution in [3.8, 4) is 0 Å². The number of nitrogens with one attached hydrogen (secondary N) is 1. The molecule has 0 saturated carbocycles. The zero-order valence-electron chi connectivity index (χ0n) is 10.7. The summed E-state index contributed by atoms with van der Waals surface area (Å²) in [5.74, 6) is -1.54. The van der Waals surface area contributed by atoms with E-state index < -0.39 is 11.9 Å². The molecule has 0 unspecified atom stereocenters. The van der Waals surface area contributed by atoms with E-state index in [0.29, 0.717) is 12.2 Å². The van der Waals surface area contributed by atoms with Gasteiger partial charge in [-0.05, 0) is 29.8 Å². The third-order valence-corrected chi connectivity index (χ3v) is 2.83. The Morgan fingerprint density at radius 2 is 1.60 bits per heavy atom. The maximum absolute atomic E-state index is 12.0. The normalized spacial score (nSPS) is 10.0. The van der Waals surface area contributed by atoms with Crippen molar-refractivity contribution in [3.05, 3.63) is 65.2 Å². The van der Waals surface area contributed by atoms with Crippen LogP contribution in [0.4, 0.5) is 5.69 Å². The summed E-state index contributed by atoms with van der Waals surface area (Å²) in [6.07, 6.45) is 0. The molecule has 0 bridgehead atoms. The lowest BCUT2D eigenvalue weighted by atomic mass is 10.1. The van der Waals surface area contributed by atoms with Crippen molar-refractivity contribution in [1.29, 1.82) is 0 Å². The minimum Gasteiger partial charge on any atom is -0.478 e. The van der Waals surface area contributed by atoms with Crippen LogP contribution in [0.25, 0.3) is 0 Å². The Hall–Kier alpha value is -2.82. The molecule has 102 valence electrons. The van der Waals surface area contributed by atoms with E-state index in [1.54, 1.807) is 36.4 Å². The summed E-state index contributed by atoms with van der Waals surface area (Å²) < 4.78 is 0. The molecule has 0 aliphatic carbocycles. The number of carbonyl (C=O) groups is 2. The molecule has 1 amide bonds. The van der Waals surface area contributed by atoms with Crippen LogP contribution >= 0.6 is 0 Å². The molecular weight excluding hydrogens is 256 g/mol. The number of aromatic carboxylic acids is 1. The average Bonchev–Trinajstić information content (AvgIpc) is 2.46. The smallest absolute Gasteiger partial charge is 0.336 e. The van der Waals surface area contributed by atoms with Gasteiger partial charge in [-0.2, -0.15) is 0 Å². The third-order valence-electron chi connectivity index (χ3n) is 2.83. The SMILES string of the molecule is Nc1ccc(CNC(=O)c2ccccc2C(=O)O)cc1. The summed E-state index contributed by atoms with van der Waals surface area (Å²) in [6, 6.07) is 13.2. The first-order valence-electron chi connectivity index (χ1n) is 6.03. The summed E-state index contributed by atoms with van der Waals surface area (Å²) in [5, 5.41) is 11.7. The van der Waals surface area contributed by atoms with Gasteiger partial charge < -0.3 is 16.2 Å². The third kappa shape index (κ3) is 3.14. The summed E-state index contributed by atoms with van der Waals surface area (Å²) in [5.41, 5.74) is 7.25. The maximum atomic E-state index is 12.0. The molecule has 2 aromatic carbocycles. The summed E-state index contributed by atoms with van der Waals surface area (Å²) in [4.78, 5) is 23.1. The number of benzene rings is 2. The van der Waals surface area contributed by atoms with Crippen LogP contribution in [0.2, 0.25) is 0 Å². The molecule has 2 rings (SSSR count). The minimum absolute atomic E-state index is 0.0118. The van der Waals surface area contributed by atoms with Crippen LogP contribution in [-0.2, 0) is 6.54 Å². The van der Waals surface area contributed by atoms with E-state index in [2.05, 4.69) is 5.32 Å². The number of amides is 1. The number of nitrogen functional groups attached to an aromatic ring is 1. The molecule has 0 aliphatic rings. The van der Waals surface area contributed by atoms with Gasteiger partial charge in [-0.1, -0.05) is 24.3 Å². The van der Waals surface area contributed by atoms with Crippen LogP contribution in [0.15, 0.2) is 48.5 Å². The van der Waals surface area contributed by atoms with Gasteiger partial charge in [-0.15, -0.1) is 0 Å². The maximum Gasteiger partial charge on any atom is 0.336 e. The second-order valence-corrected chi connectivity index (χ2v) is 4.27. The van der Waals surface area contributed by atoms with Crippen molar-refractivity contribution >= 4 is 17.6 Å². The number of nitrogens with two attached hydrogens (primary N) is 1. The van der Waals surface area contributed by atoms with Crippen LogP contribution in [0.5, 0.6) is 0 Å². The largest absolute Gasteiger partial charge is 0.478 e. The van der Waals surface area contributed by atoms with Crippen LogP contribution in [0.3, 0.4) is 0 Å². The standard InChI is InChI=1S/C15H14N2O3/c16-11-7-5-10(6-8-11)9-17-14(18)12-3-1-2-4-13(12)15(19)20/h1-8H,9,16H2,(H,17,18)(H,19,20).